The van der Waals surface area contributed by atoms with Gasteiger partial charge in [-0.25, -0.2) is 4.98 Å². The molecule has 2 heterocycles. The van der Waals surface area contributed by atoms with Gasteiger partial charge in [0.1, 0.15) is 0 Å². The van der Waals surface area contributed by atoms with Gasteiger partial charge in [0, 0.05) is 23.0 Å². The Balaban J connectivity index is 1.63. The summed E-state index contributed by atoms with van der Waals surface area (Å²) in [4.78, 5) is 24.4. The van der Waals surface area contributed by atoms with E-state index in [1.54, 1.807) is 17.3 Å². The van der Waals surface area contributed by atoms with Crippen LogP contribution in [0.4, 0.5) is 5.13 Å². The topological polar surface area (TPSA) is 46.1 Å². The molecule has 0 aliphatic heterocycles. The number of hydrogen-bond donors (Lipinski definition) is 0. The number of thiazole rings is 1. The van der Waals surface area contributed by atoms with Crippen molar-refractivity contribution in [2.45, 2.75) is 6.54 Å². The predicted octanol–water partition coefficient (Wildman–Crippen LogP) is 6.34. The highest BCUT2D eigenvalue weighted by molar-refractivity contribution is 7.22. The Morgan fingerprint density at radius 1 is 1.00 bits per heavy atom. The number of hydrogen-bond acceptors (Lipinski definition) is 4. The van der Waals surface area contributed by atoms with Crippen molar-refractivity contribution in [2.75, 3.05) is 4.90 Å². The number of aromatic nitrogens is 2. The van der Waals surface area contributed by atoms with E-state index in [-0.39, 0.29) is 5.91 Å². The summed E-state index contributed by atoms with van der Waals surface area (Å²) in [5, 5.41) is 3.23. The zero-order valence-electron chi connectivity index (χ0n) is 15.8. The smallest absolute Gasteiger partial charge is 0.261 e. The fourth-order valence-electron chi connectivity index (χ4n) is 3.46. The molecule has 3 aromatic carbocycles. The van der Waals surface area contributed by atoms with Gasteiger partial charge < -0.3 is 0 Å². The van der Waals surface area contributed by atoms with E-state index in [1.807, 2.05) is 72.8 Å². The van der Waals surface area contributed by atoms with Crippen LogP contribution in [0, 0.1) is 0 Å². The number of pyridine rings is 1. The normalized spacial score (nSPS) is 11.1. The molecule has 5 aromatic rings. The van der Waals surface area contributed by atoms with Crippen molar-refractivity contribution in [3.63, 3.8) is 0 Å². The number of benzene rings is 3. The molecule has 30 heavy (non-hydrogen) atoms. The molecule has 0 bridgehead atoms. The second-order valence-electron chi connectivity index (χ2n) is 6.89. The number of halogens is 1. The zero-order chi connectivity index (χ0) is 20.5. The molecule has 5 rings (SSSR count). The molecule has 2 aromatic heterocycles. The molecule has 0 unspecified atom stereocenters. The van der Waals surface area contributed by atoms with Gasteiger partial charge in [0.25, 0.3) is 5.91 Å². The van der Waals surface area contributed by atoms with Gasteiger partial charge in [0.05, 0.1) is 16.8 Å². The van der Waals surface area contributed by atoms with Crippen LogP contribution in [0.3, 0.4) is 0 Å². The molecule has 6 heteroatoms. The largest absolute Gasteiger partial charge is 0.279 e. The molecule has 146 valence electrons. The van der Waals surface area contributed by atoms with Crippen molar-refractivity contribution in [1.82, 2.24) is 9.97 Å². The summed E-state index contributed by atoms with van der Waals surface area (Å²) in [6.07, 6.45) is 3.49. The van der Waals surface area contributed by atoms with Crippen molar-refractivity contribution in [3.05, 3.63) is 101 Å². The van der Waals surface area contributed by atoms with Crippen molar-refractivity contribution >= 4 is 55.0 Å². The summed E-state index contributed by atoms with van der Waals surface area (Å²) in [6, 6.07) is 23.1. The minimum absolute atomic E-state index is 0.0965. The number of amides is 1. The summed E-state index contributed by atoms with van der Waals surface area (Å²) in [5.41, 5.74) is 2.40. The van der Waals surface area contributed by atoms with E-state index < -0.39 is 0 Å². The summed E-state index contributed by atoms with van der Waals surface area (Å²) < 4.78 is 0.944. The van der Waals surface area contributed by atoms with Crippen LogP contribution in [0.1, 0.15) is 15.9 Å². The van der Waals surface area contributed by atoms with Crippen molar-refractivity contribution in [3.8, 4) is 0 Å². The van der Waals surface area contributed by atoms with Gasteiger partial charge in [-0.1, -0.05) is 65.4 Å². The second kappa shape index (κ2) is 7.86. The van der Waals surface area contributed by atoms with E-state index in [9.17, 15) is 4.79 Å². The van der Waals surface area contributed by atoms with Crippen molar-refractivity contribution in [1.29, 1.82) is 0 Å². The number of carbonyl (C=O) groups excluding carboxylic acids is 1. The molecular formula is C24H16ClN3OS. The summed E-state index contributed by atoms with van der Waals surface area (Å²) >= 11 is 7.61. The molecule has 0 saturated heterocycles. The Morgan fingerprint density at radius 3 is 2.73 bits per heavy atom. The molecule has 0 saturated carbocycles. The highest BCUT2D eigenvalue weighted by Gasteiger charge is 2.23. The maximum absolute atomic E-state index is 13.8. The van der Waals surface area contributed by atoms with Crippen molar-refractivity contribution < 1.29 is 4.79 Å². The van der Waals surface area contributed by atoms with E-state index in [4.69, 9.17) is 16.6 Å². The number of nitrogens with zero attached hydrogens (tertiary/aromatic N) is 3. The van der Waals surface area contributed by atoms with Crippen LogP contribution in [0.2, 0.25) is 5.02 Å². The lowest BCUT2D eigenvalue weighted by Crippen LogP contribution is -2.30. The molecule has 0 fully saturated rings. The minimum Gasteiger partial charge on any atom is -0.279 e. The van der Waals surface area contributed by atoms with Crippen LogP contribution in [0.5, 0.6) is 0 Å². The van der Waals surface area contributed by atoms with Crippen LogP contribution < -0.4 is 4.90 Å². The quantitative estimate of drug-likeness (QED) is 0.334. The SMILES string of the molecule is O=C(c1cccc2ccccc12)N(Cc1cccnc1)c1nc2ccc(Cl)cc2s1. The third kappa shape index (κ3) is 3.54. The van der Waals surface area contributed by atoms with E-state index in [0.29, 0.717) is 22.3 Å². The van der Waals surface area contributed by atoms with Crippen LogP contribution in [-0.2, 0) is 6.54 Å². The van der Waals surface area contributed by atoms with Crippen LogP contribution in [0.25, 0.3) is 21.0 Å². The number of rotatable bonds is 4. The lowest BCUT2D eigenvalue weighted by molar-refractivity contribution is 0.0986. The second-order valence-corrected chi connectivity index (χ2v) is 8.33. The summed E-state index contributed by atoms with van der Waals surface area (Å²) in [5.74, 6) is -0.0965. The Labute approximate surface area is 182 Å². The fraction of sp³-hybridized carbons (Fsp3) is 0.0417. The molecule has 0 N–H and O–H groups in total. The molecule has 4 nitrogen and oxygen atoms in total. The Morgan fingerprint density at radius 2 is 1.87 bits per heavy atom. The minimum atomic E-state index is -0.0965. The molecular weight excluding hydrogens is 414 g/mol. The lowest BCUT2D eigenvalue weighted by Gasteiger charge is -2.21. The standard InChI is InChI=1S/C24H16ClN3OS/c25-18-10-11-21-22(13-18)30-24(27-21)28(15-16-5-4-12-26-14-16)23(29)20-9-3-7-17-6-1-2-8-19(17)20/h1-14H,15H2. The lowest BCUT2D eigenvalue weighted by atomic mass is 10.0. The number of carbonyl (C=O) groups is 1. The Bertz CT molecular complexity index is 1360. The fourth-order valence-corrected chi connectivity index (χ4v) is 4.70. The number of fused-ring (bicyclic) bond motifs is 2. The number of anilines is 1. The van der Waals surface area contributed by atoms with Gasteiger partial charge >= 0.3 is 0 Å². The third-order valence-electron chi connectivity index (χ3n) is 4.90. The first-order valence-electron chi connectivity index (χ1n) is 9.44. The first kappa shape index (κ1) is 18.7. The van der Waals surface area contributed by atoms with Crippen LogP contribution in [0.15, 0.2) is 85.2 Å². The highest BCUT2D eigenvalue weighted by atomic mass is 35.5. The molecule has 0 spiro atoms. The van der Waals surface area contributed by atoms with E-state index >= 15 is 0 Å². The van der Waals surface area contributed by atoms with Gasteiger partial charge in [0.15, 0.2) is 5.13 Å². The van der Waals surface area contributed by atoms with Gasteiger partial charge in [-0.05, 0) is 46.7 Å². The van der Waals surface area contributed by atoms with Crippen LogP contribution in [-0.4, -0.2) is 15.9 Å². The maximum Gasteiger partial charge on any atom is 0.261 e. The van der Waals surface area contributed by atoms with Gasteiger partial charge in [-0.15, -0.1) is 0 Å². The van der Waals surface area contributed by atoms with Crippen molar-refractivity contribution in [2.24, 2.45) is 0 Å². The molecule has 0 aliphatic rings. The zero-order valence-corrected chi connectivity index (χ0v) is 17.4. The molecule has 0 aliphatic carbocycles. The third-order valence-corrected chi connectivity index (χ3v) is 6.18. The van der Waals surface area contributed by atoms with Gasteiger partial charge in [0.2, 0.25) is 0 Å². The van der Waals surface area contributed by atoms with E-state index in [0.717, 1.165) is 26.6 Å². The molecule has 1 amide bonds. The Hall–Kier alpha value is -3.28. The monoisotopic (exact) mass is 429 g/mol. The van der Waals surface area contributed by atoms with Gasteiger partial charge in [-0.3, -0.25) is 14.7 Å². The average Bonchev–Trinajstić information content (AvgIpc) is 3.20. The average molecular weight is 430 g/mol. The molecule has 0 atom stereocenters. The summed E-state index contributed by atoms with van der Waals surface area (Å²) in [7, 11) is 0. The van der Waals surface area contributed by atoms with E-state index in [2.05, 4.69) is 4.98 Å². The van der Waals surface area contributed by atoms with Crippen LogP contribution >= 0.6 is 22.9 Å². The first-order valence-corrected chi connectivity index (χ1v) is 10.6. The molecule has 0 radical (unpaired) electrons. The van der Waals surface area contributed by atoms with E-state index in [1.165, 1.54) is 11.3 Å². The first-order chi connectivity index (χ1) is 14.7. The predicted molar refractivity (Wildman–Crippen MR) is 123 cm³/mol. The van der Waals surface area contributed by atoms with Gasteiger partial charge in [-0.2, -0.15) is 0 Å². The highest BCUT2D eigenvalue weighted by Crippen LogP contribution is 2.33. The maximum atomic E-state index is 13.8. The summed E-state index contributed by atoms with van der Waals surface area (Å²) in [6.45, 7) is 0.378. The Kier molecular flexibility index (Phi) is 4.91.